The zero-order valence-corrected chi connectivity index (χ0v) is 15.4. The summed E-state index contributed by atoms with van der Waals surface area (Å²) >= 11 is 0. The Hall–Kier alpha value is -0.400. The minimum absolute atomic E-state index is 0. The highest BCUT2D eigenvalue weighted by atomic mass is 35.5. The largest absolute Gasteiger partial charge is 0.389 e. The Kier molecular flexibility index (Phi) is 11.8. The van der Waals surface area contributed by atoms with Gasteiger partial charge in [0, 0.05) is 25.6 Å². The van der Waals surface area contributed by atoms with Gasteiger partial charge >= 0.3 is 0 Å². The number of likely N-dealkylation sites (N-methyl/N-ethyl adjacent to an activating group) is 1. The second kappa shape index (κ2) is 12.0. The number of amides is 1. The Balaban J connectivity index is 0.00000484. The third kappa shape index (κ3) is 9.47. The molecule has 3 atom stereocenters. The van der Waals surface area contributed by atoms with Crippen LogP contribution in [0.5, 0.6) is 0 Å². The van der Waals surface area contributed by atoms with Crippen molar-refractivity contribution >= 4 is 18.3 Å². The van der Waals surface area contributed by atoms with Gasteiger partial charge in [0.05, 0.1) is 32.0 Å². The summed E-state index contributed by atoms with van der Waals surface area (Å²) in [5.74, 6) is 0.0821. The number of rotatable bonds is 9. The first-order valence-electron chi connectivity index (χ1n) is 8.28. The fourth-order valence-corrected chi connectivity index (χ4v) is 2.78. The van der Waals surface area contributed by atoms with Gasteiger partial charge in [0.1, 0.15) is 0 Å². The second-order valence-corrected chi connectivity index (χ2v) is 6.49. The number of nitrogens with zero attached hydrogens (tertiary/aromatic N) is 1. The first kappa shape index (κ1) is 22.6. The summed E-state index contributed by atoms with van der Waals surface area (Å²) in [4.78, 5) is 13.9. The lowest BCUT2D eigenvalue weighted by Gasteiger charge is -2.30. The smallest absolute Gasteiger partial charge is 0.225 e. The van der Waals surface area contributed by atoms with E-state index in [-0.39, 0.29) is 49.5 Å². The molecule has 0 aliphatic heterocycles. The summed E-state index contributed by atoms with van der Waals surface area (Å²) in [5.41, 5.74) is 5.93. The number of hydrogen-bond acceptors (Lipinski definition) is 5. The van der Waals surface area contributed by atoms with Crippen LogP contribution in [-0.4, -0.2) is 67.6 Å². The van der Waals surface area contributed by atoms with Gasteiger partial charge in [0.2, 0.25) is 5.91 Å². The van der Waals surface area contributed by atoms with E-state index in [0.717, 1.165) is 25.7 Å². The van der Waals surface area contributed by atoms with Gasteiger partial charge in [-0.1, -0.05) is 6.42 Å². The van der Waals surface area contributed by atoms with Gasteiger partial charge in [-0.15, -0.1) is 12.4 Å². The zero-order valence-electron chi connectivity index (χ0n) is 14.6. The Morgan fingerprint density at radius 3 is 2.65 bits per heavy atom. The molecule has 1 aliphatic rings. The van der Waals surface area contributed by atoms with Gasteiger partial charge in [0.25, 0.3) is 0 Å². The summed E-state index contributed by atoms with van der Waals surface area (Å²) < 4.78 is 10.7. The molecular formula is C16H33ClN2O4. The Labute approximate surface area is 146 Å². The highest BCUT2D eigenvalue weighted by molar-refractivity contribution is 5.85. The van der Waals surface area contributed by atoms with E-state index in [4.69, 9.17) is 15.2 Å². The minimum atomic E-state index is -0.676. The first-order valence-corrected chi connectivity index (χ1v) is 8.28. The fraction of sp³-hybridized carbons (Fsp3) is 0.938. The number of hydrogen-bond donors (Lipinski definition) is 2. The number of ether oxygens (including phenoxy) is 2. The lowest BCUT2D eigenvalue weighted by molar-refractivity contribution is -0.137. The molecular weight excluding hydrogens is 320 g/mol. The van der Waals surface area contributed by atoms with Crippen LogP contribution in [0.4, 0.5) is 0 Å². The molecule has 3 unspecified atom stereocenters. The predicted octanol–water partition coefficient (Wildman–Crippen LogP) is 1.19. The molecule has 0 bridgehead atoms. The van der Waals surface area contributed by atoms with E-state index in [0.29, 0.717) is 13.2 Å². The monoisotopic (exact) mass is 352 g/mol. The summed E-state index contributed by atoms with van der Waals surface area (Å²) in [6, 6.07) is 0.130. The lowest BCUT2D eigenvalue weighted by Crippen LogP contribution is -2.42. The van der Waals surface area contributed by atoms with Gasteiger partial charge in [-0.05, 0) is 33.1 Å². The number of aliphatic hydroxyl groups is 1. The SMILES string of the molecule is CC(C)OCCOCC(O)CN(C)C(=O)C1CCCC(N)C1.Cl. The molecule has 6 nitrogen and oxygen atoms in total. The fourth-order valence-electron chi connectivity index (χ4n) is 2.78. The standard InChI is InChI=1S/C16H32N2O4.ClH/c1-12(2)22-8-7-21-11-15(19)10-18(3)16(20)13-5-4-6-14(17)9-13;/h12-15,19H,4-11,17H2,1-3H3;1H. The van der Waals surface area contributed by atoms with Crippen LogP contribution in [-0.2, 0) is 14.3 Å². The number of halogens is 1. The number of carbonyl (C=O) groups excluding carboxylic acids is 1. The molecule has 0 saturated heterocycles. The quantitative estimate of drug-likeness (QED) is 0.609. The molecule has 1 saturated carbocycles. The Bertz CT molecular complexity index is 331. The van der Waals surface area contributed by atoms with Crippen molar-refractivity contribution in [1.82, 2.24) is 4.90 Å². The molecule has 3 N–H and O–H groups in total. The van der Waals surface area contributed by atoms with Crippen molar-refractivity contribution in [2.24, 2.45) is 11.7 Å². The molecule has 1 amide bonds. The summed E-state index contributed by atoms with van der Waals surface area (Å²) in [6.07, 6.45) is 3.16. The van der Waals surface area contributed by atoms with Crippen LogP contribution in [0.25, 0.3) is 0 Å². The van der Waals surface area contributed by atoms with Crippen molar-refractivity contribution in [2.75, 3.05) is 33.4 Å². The highest BCUT2D eigenvalue weighted by Gasteiger charge is 2.28. The molecule has 138 valence electrons. The summed E-state index contributed by atoms with van der Waals surface area (Å²) in [7, 11) is 1.73. The van der Waals surface area contributed by atoms with Crippen LogP contribution in [0, 0.1) is 5.92 Å². The van der Waals surface area contributed by atoms with Crippen molar-refractivity contribution in [3.8, 4) is 0 Å². The number of carbonyl (C=O) groups is 1. The number of aliphatic hydroxyl groups excluding tert-OH is 1. The normalized spacial score (nSPS) is 22.5. The Morgan fingerprint density at radius 2 is 2.04 bits per heavy atom. The van der Waals surface area contributed by atoms with E-state index >= 15 is 0 Å². The second-order valence-electron chi connectivity index (χ2n) is 6.49. The van der Waals surface area contributed by atoms with Gasteiger partial charge in [-0.3, -0.25) is 4.79 Å². The molecule has 0 heterocycles. The van der Waals surface area contributed by atoms with Crippen LogP contribution in [0.2, 0.25) is 0 Å². The summed E-state index contributed by atoms with van der Waals surface area (Å²) in [6.45, 7) is 5.39. The van der Waals surface area contributed by atoms with E-state index in [2.05, 4.69) is 0 Å². The van der Waals surface area contributed by atoms with Crippen LogP contribution < -0.4 is 5.73 Å². The van der Waals surface area contributed by atoms with E-state index in [9.17, 15) is 9.90 Å². The zero-order chi connectivity index (χ0) is 16.5. The molecule has 1 fully saturated rings. The average molecular weight is 353 g/mol. The van der Waals surface area contributed by atoms with Crippen LogP contribution in [0.3, 0.4) is 0 Å². The van der Waals surface area contributed by atoms with Crippen molar-refractivity contribution < 1.29 is 19.4 Å². The van der Waals surface area contributed by atoms with E-state index in [1.165, 1.54) is 0 Å². The molecule has 1 aliphatic carbocycles. The lowest BCUT2D eigenvalue weighted by atomic mass is 9.85. The highest BCUT2D eigenvalue weighted by Crippen LogP contribution is 2.24. The number of nitrogens with two attached hydrogens (primary N) is 1. The van der Waals surface area contributed by atoms with E-state index in [1.54, 1.807) is 11.9 Å². The van der Waals surface area contributed by atoms with E-state index < -0.39 is 6.10 Å². The van der Waals surface area contributed by atoms with E-state index in [1.807, 2.05) is 13.8 Å². The average Bonchev–Trinajstić information content (AvgIpc) is 2.45. The van der Waals surface area contributed by atoms with Gasteiger partial charge in [0.15, 0.2) is 0 Å². The van der Waals surface area contributed by atoms with Crippen molar-refractivity contribution in [3.63, 3.8) is 0 Å². The molecule has 0 aromatic rings. The first-order chi connectivity index (χ1) is 10.4. The van der Waals surface area contributed by atoms with Gasteiger partial charge < -0.3 is 25.2 Å². The van der Waals surface area contributed by atoms with Crippen LogP contribution >= 0.6 is 12.4 Å². The van der Waals surface area contributed by atoms with Crippen molar-refractivity contribution in [2.45, 2.75) is 57.8 Å². The van der Waals surface area contributed by atoms with Crippen molar-refractivity contribution in [3.05, 3.63) is 0 Å². The summed E-state index contributed by atoms with van der Waals surface area (Å²) in [5, 5.41) is 9.94. The third-order valence-electron chi connectivity index (χ3n) is 3.91. The topological polar surface area (TPSA) is 85.0 Å². The predicted molar refractivity (Wildman–Crippen MR) is 92.7 cm³/mol. The van der Waals surface area contributed by atoms with Gasteiger partial charge in [-0.25, -0.2) is 0 Å². The van der Waals surface area contributed by atoms with Crippen LogP contribution in [0.15, 0.2) is 0 Å². The molecule has 7 heteroatoms. The molecule has 0 radical (unpaired) electrons. The van der Waals surface area contributed by atoms with Crippen molar-refractivity contribution in [1.29, 1.82) is 0 Å². The third-order valence-corrected chi connectivity index (χ3v) is 3.91. The Morgan fingerprint density at radius 1 is 1.35 bits per heavy atom. The van der Waals surface area contributed by atoms with Crippen LogP contribution in [0.1, 0.15) is 39.5 Å². The minimum Gasteiger partial charge on any atom is -0.389 e. The molecule has 0 spiro atoms. The maximum Gasteiger partial charge on any atom is 0.225 e. The molecule has 0 aromatic heterocycles. The van der Waals surface area contributed by atoms with Gasteiger partial charge in [-0.2, -0.15) is 0 Å². The maximum atomic E-state index is 12.3. The molecule has 1 rings (SSSR count). The molecule has 0 aromatic carbocycles. The maximum absolute atomic E-state index is 12.3. The molecule has 23 heavy (non-hydrogen) atoms.